The molecular formula is C27H32N4O3S. The fourth-order valence-electron chi connectivity index (χ4n) is 4.44. The van der Waals surface area contributed by atoms with Crippen molar-refractivity contribution in [2.24, 2.45) is 5.41 Å². The number of rotatable bonds is 9. The Morgan fingerprint density at radius 1 is 1.11 bits per heavy atom. The Labute approximate surface area is 210 Å². The van der Waals surface area contributed by atoms with Crippen molar-refractivity contribution in [1.82, 2.24) is 15.3 Å². The van der Waals surface area contributed by atoms with Gasteiger partial charge in [0.25, 0.3) is 0 Å². The summed E-state index contributed by atoms with van der Waals surface area (Å²) in [6.07, 6.45) is 8.68. The summed E-state index contributed by atoms with van der Waals surface area (Å²) in [4.78, 5) is 34.7. The van der Waals surface area contributed by atoms with Gasteiger partial charge in [-0.05, 0) is 43.0 Å². The Bertz CT molecular complexity index is 1170. The number of nitrogens with one attached hydrogen (secondary N) is 2. The number of pyridine rings is 1. The lowest BCUT2D eigenvalue weighted by Crippen LogP contribution is -2.49. The number of hydrogen-bond acceptors (Lipinski definition) is 6. The van der Waals surface area contributed by atoms with Crippen LogP contribution in [0.5, 0.6) is 0 Å². The first-order valence-corrected chi connectivity index (χ1v) is 12.9. The number of benzene rings is 1. The molecule has 8 heteroatoms. The number of carboxylic acids is 1. The number of nitrogens with zero attached hydrogens (tertiary/aromatic N) is 2. The van der Waals surface area contributed by atoms with Crippen molar-refractivity contribution < 1.29 is 14.7 Å². The SMILES string of the molecule is Cc1ccnc(NCc2cnc(-c3ccc(C[C@H](NC(=O)C4(C)CCCCC4)C(=O)O)cc3)s2)c1. The molecule has 0 radical (unpaired) electrons. The van der Waals surface area contributed by atoms with E-state index in [0.29, 0.717) is 6.54 Å². The third kappa shape index (κ3) is 6.45. The number of thiazole rings is 1. The minimum absolute atomic E-state index is 0.147. The summed E-state index contributed by atoms with van der Waals surface area (Å²) in [5.41, 5.74) is 2.52. The van der Waals surface area contributed by atoms with Crippen LogP contribution in [0.3, 0.4) is 0 Å². The molecule has 0 unspecified atom stereocenters. The average Bonchev–Trinajstić information content (AvgIpc) is 3.32. The molecule has 1 amide bonds. The highest BCUT2D eigenvalue weighted by Gasteiger charge is 2.36. The van der Waals surface area contributed by atoms with E-state index in [1.54, 1.807) is 17.5 Å². The van der Waals surface area contributed by atoms with Crippen LogP contribution < -0.4 is 10.6 Å². The summed E-state index contributed by atoms with van der Waals surface area (Å²) >= 11 is 1.61. The van der Waals surface area contributed by atoms with Crippen LogP contribution in [0, 0.1) is 12.3 Å². The summed E-state index contributed by atoms with van der Waals surface area (Å²) < 4.78 is 0. The summed E-state index contributed by atoms with van der Waals surface area (Å²) in [6, 6.07) is 10.8. The molecule has 1 saturated carbocycles. The Balaban J connectivity index is 1.36. The highest BCUT2D eigenvalue weighted by molar-refractivity contribution is 7.15. The molecule has 0 bridgehead atoms. The molecule has 0 aliphatic heterocycles. The largest absolute Gasteiger partial charge is 0.480 e. The Morgan fingerprint density at radius 2 is 1.86 bits per heavy atom. The standard InChI is InChI=1S/C27H32N4O3S/c1-18-10-13-28-23(14-18)29-16-21-17-30-24(35-21)20-8-6-19(7-9-20)15-22(25(32)33)31-26(34)27(2)11-4-3-5-12-27/h6-10,13-14,17,22H,3-5,11-12,15-16H2,1-2H3,(H,28,29)(H,31,34)(H,32,33)/t22-/m0/s1. The number of aliphatic carboxylic acids is 1. The second-order valence-electron chi connectivity index (χ2n) is 9.59. The molecule has 7 nitrogen and oxygen atoms in total. The third-order valence-corrected chi connectivity index (χ3v) is 7.71. The van der Waals surface area contributed by atoms with Gasteiger partial charge in [-0.15, -0.1) is 11.3 Å². The second kappa shape index (κ2) is 11.0. The molecule has 0 saturated heterocycles. The smallest absolute Gasteiger partial charge is 0.326 e. The number of carbonyl (C=O) groups is 2. The van der Waals surface area contributed by atoms with E-state index in [-0.39, 0.29) is 12.3 Å². The molecule has 2 aromatic heterocycles. The van der Waals surface area contributed by atoms with Crippen molar-refractivity contribution in [1.29, 1.82) is 0 Å². The normalized spacial score (nSPS) is 15.8. The maximum absolute atomic E-state index is 12.8. The molecule has 0 spiro atoms. The van der Waals surface area contributed by atoms with Gasteiger partial charge in [0.1, 0.15) is 16.9 Å². The first-order chi connectivity index (χ1) is 16.8. The van der Waals surface area contributed by atoms with Gasteiger partial charge in [0.2, 0.25) is 5.91 Å². The van der Waals surface area contributed by atoms with Gasteiger partial charge < -0.3 is 15.7 Å². The van der Waals surface area contributed by atoms with Crippen LogP contribution in [-0.4, -0.2) is 33.0 Å². The van der Waals surface area contributed by atoms with Gasteiger partial charge in [0.15, 0.2) is 0 Å². The van der Waals surface area contributed by atoms with E-state index >= 15 is 0 Å². The van der Waals surface area contributed by atoms with Crippen LogP contribution in [0.4, 0.5) is 5.82 Å². The van der Waals surface area contributed by atoms with Crippen LogP contribution in [0.2, 0.25) is 0 Å². The van der Waals surface area contributed by atoms with Gasteiger partial charge in [0, 0.05) is 34.7 Å². The van der Waals surface area contributed by atoms with Crippen molar-refractivity contribution in [3.63, 3.8) is 0 Å². The molecule has 35 heavy (non-hydrogen) atoms. The average molecular weight is 493 g/mol. The monoisotopic (exact) mass is 492 g/mol. The Hall–Kier alpha value is -3.26. The van der Waals surface area contributed by atoms with E-state index < -0.39 is 17.4 Å². The molecule has 1 fully saturated rings. The van der Waals surface area contributed by atoms with Crippen molar-refractivity contribution in [3.05, 3.63) is 64.8 Å². The quantitative estimate of drug-likeness (QED) is 0.379. The van der Waals surface area contributed by atoms with Gasteiger partial charge >= 0.3 is 5.97 Å². The number of amides is 1. The lowest BCUT2D eigenvalue weighted by Gasteiger charge is -2.33. The number of aryl methyl sites for hydroxylation is 1. The number of aromatic nitrogens is 2. The molecule has 1 aliphatic rings. The minimum Gasteiger partial charge on any atom is -0.480 e. The summed E-state index contributed by atoms with van der Waals surface area (Å²) in [6.45, 7) is 4.63. The lowest BCUT2D eigenvalue weighted by molar-refractivity contribution is -0.144. The number of hydrogen-bond donors (Lipinski definition) is 3. The summed E-state index contributed by atoms with van der Waals surface area (Å²) in [7, 11) is 0. The van der Waals surface area contributed by atoms with Crippen LogP contribution in [-0.2, 0) is 22.6 Å². The zero-order valence-corrected chi connectivity index (χ0v) is 21.0. The number of anilines is 1. The van der Waals surface area contributed by atoms with Crippen molar-refractivity contribution in [2.75, 3.05) is 5.32 Å². The second-order valence-corrected chi connectivity index (χ2v) is 10.7. The zero-order valence-electron chi connectivity index (χ0n) is 20.2. The molecule has 3 aromatic rings. The molecule has 4 rings (SSSR count). The van der Waals surface area contributed by atoms with Crippen molar-refractivity contribution in [3.8, 4) is 10.6 Å². The molecule has 1 aromatic carbocycles. The molecule has 2 heterocycles. The van der Waals surface area contributed by atoms with E-state index in [1.165, 1.54) is 0 Å². The summed E-state index contributed by atoms with van der Waals surface area (Å²) in [5.74, 6) is -0.324. The highest BCUT2D eigenvalue weighted by atomic mass is 32.1. The first kappa shape index (κ1) is 24.9. The topological polar surface area (TPSA) is 104 Å². The number of carboxylic acid groups (broad SMARTS) is 1. The fraction of sp³-hybridized carbons (Fsp3) is 0.407. The first-order valence-electron chi connectivity index (χ1n) is 12.1. The van der Waals surface area contributed by atoms with Gasteiger partial charge in [-0.1, -0.05) is 50.5 Å². The fourth-order valence-corrected chi connectivity index (χ4v) is 5.30. The van der Waals surface area contributed by atoms with E-state index in [9.17, 15) is 14.7 Å². The van der Waals surface area contributed by atoms with Gasteiger partial charge in [-0.25, -0.2) is 14.8 Å². The lowest BCUT2D eigenvalue weighted by atomic mass is 9.75. The Kier molecular flexibility index (Phi) is 7.80. The molecule has 1 atom stereocenters. The van der Waals surface area contributed by atoms with Gasteiger partial charge in [-0.2, -0.15) is 0 Å². The molecule has 184 valence electrons. The predicted octanol–water partition coefficient (Wildman–Crippen LogP) is 5.21. The minimum atomic E-state index is -1.01. The number of carbonyl (C=O) groups excluding carboxylic acids is 1. The maximum atomic E-state index is 12.8. The zero-order chi connectivity index (χ0) is 24.8. The van der Waals surface area contributed by atoms with Crippen molar-refractivity contribution in [2.45, 2.75) is 65.0 Å². The van der Waals surface area contributed by atoms with E-state index in [1.807, 2.05) is 56.4 Å². The molecular weight excluding hydrogens is 460 g/mol. The van der Waals surface area contributed by atoms with Gasteiger partial charge in [0.05, 0.1) is 6.54 Å². The van der Waals surface area contributed by atoms with E-state index in [0.717, 1.165) is 64.5 Å². The molecule has 1 aliphatic carbocycles. The van der Waals surface area contributed by atoms with Crippen LogP contribution in [0.15, 0.2) is 48.8 Å². The van der Waals surface area contributed by atoms with Crippen LogP contribution in [0.25, 0.3) is 10.6 Å². The molecule has 3 N–H and O–H groups in total. The van der Waals surface area contributed by atoms with Gasteiger partial charge in [-0.3, -0.25) is 4.79 Å². The Morgan fingerprint density at radius 3 is 2.54 bits per heavy atom. The van der Waals surface area contributed by atoms with Crippen molar-refractivity contribution >= 4 is 29.0 Å². The maximum Gasteiger partial charge on any atom is 0.326 e. The predicted molar refractivity (Wildman–Crippen MR) is 138 cm³/mol. The summed E-state index contributed by atoms with van der Waals surface area (Å²) in [5, 5.41) is 16.7. The highest BCUT2D eigenvalue weighted by Crippen LogP contribution is 2.36. The van der Waals surface area contributed by atoms with Crippen LogP contribution in [0.1, 0.15) is 55.0 Å². The van der Waals surface area contributed by atoms with E-state index in [4.69, 9.17) is 0 Å². The van der Waals surface area contributed by atoms with Crippen LogP contribution >= 0.6 is 11.3 Å². The third-order valence-electron chi connectivity index (χ3n) is 6.66. The van der Waals surface area contributed by atoms with E-state index in [2.05, 4.69) is 20.6 Å².